The molecule has 1 aromatic rings. The molecule has 0 fully saturated rings. The van der Waals surface area contributed by atoms with Crippen LogP contribution in [0.15, 0.2) is 10.5 Å². The van der Waals surface area contributed by atoms with Crippen LogP contribution in [0.1, 0.15) is 24.1 Å². The fourth-order valence-electron chi connectivity index (χ4n) is 1.13. The van der Waals surface area contributed by atoms with E-state index < -0.39 is 0 Å². The minimum Gasteiger partial charge on any atom is -0.506 e. The van der Waals surface area contributed by atoms with Crippen LogP contribution in [-0.2, 0) is 0 Å². The molecule has 0 heterocycles. The number of halogens is 1. The molecule has 0 aliphatic carbocycles. The van der Waals surface area contributed by atoms with E-state index in [0.29, 0.717) is 15.6 Å². The number of phenolic OH excluding ortho intramolecular Hbond substituents is 2. The van der Waals surface area contributed by atoms with E-state index in [2.05, 4.69) is 15.9 Å². The van der Waals surface area contributed by atoms with Gasteiger partial charge in [0, 0.05) is 11.6 Å². The maximum absolute atomic E-state index is 9.59. The predicted octanol–water partition coefficient (Wildman–Crippen LogP) is 2.19. The first-order valence-electron chi connectivity index (χ1n) is 3.91. The van der Waals surface area contributed by atoms with Gasteiger partial charge in [-0.15, -0.1) is 0 Å². The normalized spacial score (nSPS) is 12.9. The number of aromatic hydroxyl groups is 2. The molecule has 13 heavy (non-hydrogen) atoms. The molecule has 0 aliphatic heterocycles. The first-order valence-corrected chi connectivity index (χ1v) is 4.71. The molecule has 3 nitrogen and oxygen atoms in total. The van der Waals surface area contributed by atoms with Crippen molar-refractivity contribution in [2.75, 3.05) is 0 Å². The van der Waals surface area contributed by atoms with Crippen molar-refractivity contribution in [3.05, 3.63) is 21.7 Å². The lowest BCUT2D eigenvalue weighted by molar-refractivity contribution is 0.434. The van der Waals surface area contributed by atoms with Gasteiger partial charge < -0.3 is 15.9 Å². The third-order valence-electron chi connectivity index (χ3n) is 1.93. The maximum atomic E-state index is 9.59. The summed E-state index contributed by atoms with van der Waals surface area (Å²) in [5, 5.41) is 19.0. The van der Waals surface area contributed by atoms with Crippen molar-refractivity contribution in [2.24, 2.45) is 5.73 Å². The summed E-state index contributed by atoms with van der Waals surface area (Å²) in [6, 6.07) is 1.43. The summed E-state index contributed by atoms with van der Waals surface area (Å²) in [5.41, 5.74) is 6.96. The van der Waals surface area contributed by atoms with Gasteiger partial charge in [-0.3, -0.25) is 0 Å². The number of phenols is 2. The van der Waals surface area contributed by atoms with Gasteiger partial charge >= 0.3 is 0 Å². The van der Waals surface area contributed by atoms with E-state index in [4.69, 9.17) is 5.73 Å². The van der Waals surface area contributed by atoms with Crippen LogP contribution in [0.5, 0.6) is 11.5 Å². The minimum absolute atomic E-state index is 0.0121. The molecule has 0 saturated carbocycles. The first-order chi connectivity index (χ1) is 5.95. The Hall–Kier alpha value is -0.740. The summed E-state index contributed by atoms with van der Waals surface area (Å²) in [6.45, 7) is 3.53. The number of nitrogens with two attached hydrogens (primary N) is 1. The SMILES string of the molecule is Cc1cc(C(C)N)c(O)c(Br)c1O. The summed E-state index contributed by atoms with van der Waals surface area (Å²) in [6.07, 6.45) is 0. The monoisotopic (exact) mass is 245 g/mol. The molecule has 4 heteroatoms. The van der Waals surface area contributed by atoms with Gasteiger partial charge in [0.05, 0.1) is 0 Å². The van der Waals surface area contributed by atoms with E-state index in [1.54, 1.807) is 19.9 Å². The molecule has 4 N–H and O–H groups in total. The Labute approximate surface area is 85.3 Å². The van der Waals surface area contributed by atoms with Crippen LogP contribution >= 0.6 is 15.9 Å². The van der Waals surface area contributed by atoms with E-state index in [1.807, 2.05) is 0 Å². The Bertz CT molecular complexity index is 337. The van der Waals surface area contributed by atoms with Crippen molar-refractivity contribution in [1.29, 1.82) is 0 Å². The zero-order chi connectivity index (χ0) is 10.2. The first kappa shape index (κ1) is 10.3. The summed E-state index contributed by atoms with van der Waals surface area (Å²) >= 11 is 3.09. The van der Waals surface area contributed by atoms with Crippen molar-refractivity contribution in [1.82, 2.24) is 0 Å². The maximum Gasteiger partial charge on any atom is 0.138 e. The van der Waals surface area contributed by atoms with Crippen molar-refractivity contribution >= 4 is 15.9 Å². The standard InChI is InChI=1S/C9H12BrNO2/c1-4-3-6(5(2)11)9(13)7(10)8(4)12/h3,5,12-13H,11H2,1-2H3. The lowest BCUT2D eigenvalue weighted by Gasteiger charge is -2.12. The molecule has 0 bridgehead atoms. The highest BCUT2D eigenvalue weighted by atomic mass is 79.9. The quantitative estimate of drug-likeness (QED) is 0.711. The van der Waals surface area contributed by atoms with E-state index in [9.17, 15) is 10.2 Å². The molecule has 1 unspecified atom stereocenters. The number of benzene rings is 1. The van der Waals surface area contributed by atoms with Gasteiger partial charge in [-0.25, -0.2) is 0 Å². The third-order valence-corrected chi connectivity index (χ3v) is 2.68. The van der Waals surface area contributed by atoms with Gasteiger partial charge in [-0.1, -0.05) is 0 Å². The van der Waals surface area contributed by atoms with Gasteiger partial charge in [0.2, 0.25) is 0 Å². The fraction of sp³-hybridized carbons (Fsp3) is 0.333. The smallest absolute Gasteiger partial charge is 0.138 e. The fourth-order valence-corrected chi connectivity index (χ4v) is 1.67. The van der Waals surface area contributed by atoms with Crippen LogP contribution in [-0.4, -0.2) is 10.2 Å². The van der Waals surface area contributed by atoms with Gasteiger partial charge in [-0.05, 0) is 41.4 Å². The lowest BCUT2D eigenvalue weighted by Crippen LogP contribution is -2.05. The van der Waals surface area contributed by atoms with Gasteiger partial charge in [0.15, 0.2) is 0 Å². The topological polar surface area (TPSA) is 66.5 Å². The minimum atomic E-state index is -0.254. The number of rotatable bonds is 1. The largest absolute Gasteiger partial charge is 0.506 e. The predicted molar refractivity (Wildman–Crippen MR) is 54.8 cm³/mol. The second-order valence-corrected chi connectivity index (χ2v) is 3.88. The van der Waals surface area contributed by atoms with Crippen LogP contribution < -0.4 is 5.73 Å². The van der Waals surface area contributed by atoms with Crippen LogP contribution in [0.25, 0.3) is 0 Å². The molecular weight excluding hydrogens is 234 g/mol. The zero-order valence-electron chi connectivity index (χ0n) is 7.50. The Morgan fingerprint density at radius 3 is 2.38 bits per heavy atom. The highest BCUT2D eigenvalue weighted by molar-refractivity contribution is 9.10. The Morgan fingerprint density at radius 1 is 1.38 bits per heavy atom. The molecule has 0 spiro atoms. The molecule has 72 valence electrons. The third kappa shape index (κ3) is 1.78. The lowest BCUT2D eigenvalue weighted by atomic mass is 10.0. The van der Waals surface area contributed by atoms with Crippen molar-refractivity contribution in [3.8, 4) is 11.5 Å². The molecule has 0 radical (unpaired) electrons. The van der Waals surface area contributed by atoms with E-state index in [-0.39, 0.29) is 17.5 Å². The average molecular weight is 246 g/mol. The van der Waals surface area contributed by atoms with Crippen molar-refractivity contribution < 1.29 is 10.2 Å². The summed E-state index contributed by atoms with van der Waals surface area (Å²) in [7, 11) is 0. The average Bonchev–Trinajstić information content (AvgIpc) is 2.07. The number of hydrogen-bond donors (Lipinski definition) is 3. The van der Waals surface area contributed by atoms with Gasteiger partial charge in [0.25, 0.3) is 0 Å². The molecule has 0 saturated heterocycles. The molecule has 0 aliphatic rings. The molecule has 1 atom stereocenters. The molecule has 1 rings (SSSR count). The summed E-state index contributed by atoms with van der Waals surface area (Å²) in [5.74, 6) is 0.0694. The second kappa shape index (κ2) is 3.55. The van der Waals surface area contributed by atoms with E-state index in [1.165, 1.54) is 0 Å². The summed E-state index contributed by atoms with van der Waals surface area (Å²) < 4.78 is 0.305. The van der Waals surface area contributed by atoms with Gasteiger partial charge in [-0.2, -0.15) is 0 Å². The van der Waals surface area contributed by atoms with Crippen LogP contribution in [0.2, 0.25) is 0 Å². The molecular formula is C9H12BrNO2. The number of aryl methyl sites for hydroxylation is 1. The Balaban J connectivity index is 3.41. The molecule has 0 amide bonds. The van der Waals surface area contributed by atoms with Crippen molar-refractivity contribution in [2.45, 2.75) is 19.9 Å². The van der Waals surface area contributed by atoms with E-state index >= 15 is 0 Å². The second-order valence-electron chi connectivity index (χ2n) is 3.08. The highest BCUT2D eigenvalue weighted by Crippen LogP contribution is 2.40. The Morgan fingerprint density at radius 2 is 1.92 bits per heavy atom. The van der Waals surface area contributed by atoms with Crippen LogP contribution in [0.3, 0.4) is 0 Å². The van der Waals surface area contributed by atoms with Gasteiger partial charge in [0.1, 0.15) is 16.0 Å². The molecule has 0 aromatic heterocycles. The van der Waals surface area contributed by atoms with E-state index in [0.717, 1.165) is 0 Å². The van der Waals surface area contributed by atoms with Crippen molar-refractivity contribution in [3.63, 3.8) is 0 Å². The number of hydrogen-bond acceptors (Lipinski definition) is 3. The highest BCUT2D eigenvalue weighted by Gasteiger charge is 2.14. The zero-order valence-corrected chi connectivity index (χ0v) is 9.09. The molecule has 1 aromatic carbocycles. The summed E-state index contributed by atoms with van der Waals surface area (Å²) in [4.78, 5) is 0. The van der Waals surface area contributed by atoms with Crippen LogP contribution in [0.4, 0.5) is 0 Å². The van der Waals surface area contributed by atoms with Crippen LogP contribution in [0, 0.1) is 6.92 Å². The Kier molecular flexibility index (Phi) is 2.83.